The van der Waals surface area contributed by atoms with Crippen molar-refractivity contribution in [2.24, 2.45) is 23.7 Å². The average Bonchev–Trinajstić information content (AvgIpc) is 2.70. The smallest absolute Gasteiger partial charge is 0.204 e. The van der Waals surface area contributed by atoms with Gasteiger partial charge in [0.1, 0.15) is 17.0 Å². The van der Waals surface area contributed by atoms with Crippen LogP contribution < -0.4 is 0 Å². The Bertz CT molecular complexity index is 749. The number of hydrogen-bond donors (Lipinski definition) is 0. The van der Waals surface area contributed by atoms with Crippen molar-refractivity contribution in [3.05, 3.63) is 22.7 Å². The molecule has 0 amide bonds. The highest BCUT2D eigenvalue weighted by molar-refractivity contribution is 6.06. The van der Waals surface area contributed by atoms with E-state index in [9.17, 15) is 9.59 Å². The first-order chi connectivity index (χ1) is 14.7. The predicted molar refractivity (Wildman–Crippen MR) is 132 cm³/mol. The summed E-state index contributed by atoms with van der Waals surface area (Å²) in [5, 5.41) is 0. The third-order valence-electron chi connectivity index (χ3n) is 7.55. The van der Waals surface area contributed by atoms with E-state index in [1.165, 1.54) is 5.57 Å². The summed E-state index contributed by atoms with van der Waals surface area (Å²) in [6.07, 6.45) is 3.47. The molecule has 0 fully saturated rings. The first-order valence-corrected chi connectivity index (χ1v) is 12.6. The molecule has 32 heavy (non-hydrogen) atoms. The second-order valence-corrected chi connectivity index (χ2v) is 10.8. The van der Waals surface area contributed by atoms with E-state index in [0.717, 1.165) is 37.0 Å². The van der Waals surface area contributed by atoms with Gasteiger partial charge in [0.2, 0.25) is 5.78 Å². The van der Waals surface area contributed by atoms with Gasteiger partial charge in [-0.1, -0.05) is 55.4 Å². The van der Waals surface area contributed by atoms with Crippen molar-refractivity contribution < 1.29 is 19.1 Å². The number of carbonyl (C=O) groups is 2. The largest absolute Gasteiger partial charge is 0.491 e. The van der Waals surface area contributed by atoms with Gasteiger partial charge in [0.15, 0.2) is 11.5 Å². The zero-order valence-corrected chi connectivity index (χ0v) is 22.8. The summed E-state index contributed by atoms with van der Waals surface area (Å²) in [6.45, 7) is 25.0. The van der Waals surface area contributed by atoms with Gasteiger partial charge < -0.3 is 9.47 Å². The summed E-state index contributed by atoms with van der Waals surface area (Å²) < 4.78 is 12.0. The summed E-state index contributed by atoms with van der Waals surface area (Å²) in [6, 6.07) is 0. The van der Waals surface area contributed by atoms with Crippen molar-refractivity contribution in [3.8, 4) is 0 Å². The first-order valence-electron chi connectivity index (χ1n) is 12.6. The lowest BCUT2D eigenvalue weighted by Gasteiger charge is -2.39. The van der Waals surface area contributed by atoms with Crippen molar-refractivity contribution in [2.75, 3.05) is 0 Å². The molecule has 0 heterocycles. The molecule has 0 bridgehead atoms. The molecule has 2 aliphatic carbocycles. The van der Waals surface area contributed by atoms with Crippen LogP contribution in [0.5, 0.6) is 0 Å². The highest BCUT2D eigenvalue weighted by Gasteiger charge is 2.42. The lowest BCUT2D eigenvalue weighted by molar-refractivity contribution is -0.130. The molecule has 2 atom stereocenters. The number of ether oxygens (including phenoxy) is 2. The molecule has 0 aliphatic heterocycles. The molecule has 0 aromatic carbocycles. The maximum Gasteiger partial charge on any atom is 0.204 e. The quantitative estimate of drug-likeness (QED) is 0.349. The Morgan fingerprint density at radius 1 is 0.719 bits per heavy atom. The monoisotopic (exact) mass is 448 g/mol. The van der Waals surface area contributed by atoms with E-state index >= 15 is 0 Å². The number of ketones is 2. The van der Waals surface area contributed by atoms with Gasteiger partial charge in [-0.15, -0.1) is 0 Å². The SMILES string of the molecule is CCC1=C(OC(C)(C)C(C)C)C(=O)C1CC.CCC1=C(OC(C)(C)C(C)C)C(CC)C1=O. The second kappa shape index (κ2) is 11.0. The van der Waals surface area contributed by atoms with Crippen LogP contribution in [0.15, 0.2) is 22.7 Å². The van der Waals surface area contributed by atoms with E-state index in [1.54, 1.807) is 0 Å². The number of hydrogen-bond acceptors (Lipinski definition) is 4. The molecule has 0 aromatic heterocycles. The van der Waals surface area contributed by atoms with Crippen LogP contribution >= 0.6 is 0 Å². The Labute approximate surface area is 197 Å². The third-order valence-corrected chi connectivity index (χ3v) is 7.55. The molecule has 0 N–H and O–H groups in total. The molecule has 0 saturated carbocycles. The van der Waals surface area contributed by atoms with Crippen LogP contribution in [-0.4, -0.2) is 22.8 Å². The van der Waals surface area contributed by atoms with Gasteiger partial charge in [-0.25, -0.2) is 0 Å². The topological polar surface area (TPSA) is 52.6 Å². The maximum atomic E-state index is 11.9. The van der Waals surface area contributed by atoms with Crippen molar-refractivity contribution in [2.45, 2.75) is 120 Å². The predicted octanol–water partition coefficient (Wildman–Crippen LogP) is 7.42. The fourth-order valence-electron chi connectivity index (χ4n) is 3.73. The van der Waals surface area contributed by atoms with Gasteiger partial charge in [-0.2, -0.15) is 0 Å². The number of Topliss-reactive ketones (excluding diaryl/α,β-unsaturated/α-hetero) is 2. The van der Waals surface area contributed by atoms with E-state index in [0.29, 0.717) is 23.4 Å². The highest BCUT2D eigenvalue weighted by atomic mass is 16.5. The van der Waals surface area contributed by atoms with E-state index in [2.05, 4.69) is 55.4 Å². The van der Waals surface area contributed by atoms with Crippen LogP contribution in [0, 0.1) is 23.7 Å². The molecule has 0 radical (unpaired) electrons. The third kappa shape index (κ3) is 5.85. The van der Waals surface area contributed by atoms with Gasteiger partial charge in [0, 0.05) is 5.57 Å². The highest BCUT2D eigenvalue weighted by Crippen LogP contribution is 2.41. The molecule has 0 saturated heterocycles. The van der Waals surface area contributed by atoms with Crippen LogP contribution in [0.25, 0.3) is 0 Å². The van der Waals surface area contributed by atoms with E-state index in [4.69, 9.17) is 9.47 Å². The fraction of sp³-hybridized carbons (Fsp3) is 0.786. The standard InChI is InChI=1S/2C14H24O2/c1-7-10-12(15)11(8-2)13(10)16-14(5,6)9(3)4;1-7-10-11(8-2)13(12(10)15)16-14(5,6)9(3)4/h2*9-10H,7-8H2,1-6H3. The van der Waals surface area contributed by atoms with Crippen molar-refractivity contribution >= 4 is 11.6 Å². The van der Waals surface area contributed by atoms with Crippen molar-refractivity contribution in [3.63, 3.8) is 0 Å². The minimum atomic E-state index is -0.260. The number of rotatable bonds is 10. The molecular formula is C28H48O4. The average molecular weight is 449 g/mol. The molecule has 184 valence electrons. The Kier molecular flexibility index (Phi) is 9.81. The Morgan fingerprint density at radius 2 is 1.19 bits per heavy atom. The van der Waals surface area contributed by atoms with Crippen LogP contribution in [-0.2, 0) is 19.1 Å². The first kappa shape index (κ1) is 28.5. The Morgan fingerprint density at radius 3 is 1.56 bits per heavy atom. The maximum absolute atomic E-state index is 11.9. The van der Waals surface area contributed by atoms with Gasteiger partial charge in [0.05, 0.1) is 11.8 Å². The van der Waals surface area contributed by atoms with Gasteiger partial charge in [0.25, 0.3) is 0 Å². The van der Waals surface area contributed by atoms with Crippen LogP contribution in [0.2, 0.25) is 0 Å². The summed E-state index contributed by atoms with van der Waals surface area (Å²) in [7, 11) is 0. The van der Waals surface area contributed by atoms with Gasteiger partial charge in [-0.05, 0) is 70.8 Å². The van der Waals surface area contributed by atoms with Crippen LogP contribution in [0.4, 0.5) is 0 Å². The van der Waals surface area contributed by atoms with Crippen LogP contribution in [0.1, 0.15) is 109 Å². The molecule has 2 rings (SSSR count). The zero-order valence-electron chi connectivity index (χ0n) is 22.8. The van der Waals surface area contributed by atoms with Gasteiger partial charge >= 0.3 is 0 Å². The molecular weight excluding hydrogens is 400 g/mol. The summed E-state index contributed by atoms with van der Waals surface area (Å²) >= 11 is 0. The van der Waals surface area contributed by atoms with Crippen molar-refractivity contribution in [1.29, 1.82) is 0 Å². The lowest BCUT2D eigenvalue weighted by atomic mass is 9.77. The summed E-state index contributed by atoms with van der Waals surface area (Å²) in [5.41, 5.74) is 1.66. The summed E-state index contributed by atoms with van der Waals surface area (Å²) in [5.74, 6) is 3.07. The van der Waals surface area contributed by atoms with E-state index in [-0.39, 0.29) is 28.8 Å². The number of allylic oxidation sites excluding steroid dienone is 4. The van der Waals surface area contributed by atoms with Gasteiger partial charge in [-0.3, -0.25) is 9.59 Å². The van der Waals surface area contributed by atoms with Crippen molar-refractivity contribution in [1.82, 2.24) is 0 Å². The Hall–Kier alpha value is -1.58. The zero-order chi connectivity index (χ0) is 25.0. The summed E-state index contributed by atoms with van der Waals surface area (Å²) in [4.78, 5) is 23.6. The second-order valence-electron chi connectivity index (χ2n) is 10.8. The number of carbonyl (C=O) groups excluding carboxylic acids is 2. The minimum Gasteiger partial charge on any atom is -0.491 e. The molecule has 2 aliphatic rings. The van der Waals surface area contributed by atoms with Crippen LogP contribution in [0.3, 0.4) is 0 Å². The molecule has 0 aromatic rings. The Balaban J connectivity index is 0.000000320. The molecule has 2 unspecified atom stereocenters. The van der Waals surface area contributed by atoms with E-state index in [1.807, 2.05) is 27.7 Å². The molecule has 4 heteroatoms. The normalized spacial score (nSPS) is 21.4. The molecule has 4 nitrogen and oxygen atoms in total. The van der Waals surface area contributed by atoms with E-state index < -0.39 is 0 Å². The lowest BCUT2D eigenvalue weighted by Crippen LogP contribution is -2.39. The minimum absolute atomic E-state index is 0.0213. The fourth-order valence-corrected chi connectivity index (χ4v) is 3.73. The molecule has 0 spiro atoms.